The van der Waals surface area contributed by atoms with Crippen LogP contribution in [0, 0.1) is 20.8 Å². The molecule has 0 aliphatic heterocycles. The Hall–Kier alpha value is -2.88. The van der Waals surface area contributed by atoms with Gasteiger partial charge in [-0.3, -0.25) is 4.40 Å². The molecule has 116 valence electrons. The van der Waals surface area contributed by atoms with Crippen LogP contribution in [-0.4, -0.2) is 20.5 Å². The Labute approximate surface area is 134 Å². The second kappa shape index (κ2) is 5.72. The average Bonchev–Trinajstić information content (AvgIpc) is 2.85. The summed E-state index contributed by atoms with van der Waals surface area (Å²) in [5.41, 5.74) is 6.87. The Kier molecular flexibility index (Phi) is 3.74. The van der Waals surface area contributed by atoms with Crippen molar-refractivity contribution in [2.75, 3.05) is 0 Å². The van der Waals surface area contributed by atoms with E-state index < -0.39 is 5.97 Å². The predicted octanol–water partition coefficient (Wildman–Crippen LogP) is 4.02. The lowest BCUT2D eigenvalue weighted by Gasteiger charge is -2.04. The van der Waals surface area contributed by atoms with Crippen LogP contribution in [0.25, 0.3) is 23.0 Å². The van der Waals surface area contributed by atoms with Crippen molar-refractivity contribution in [3.8, 4) is 11.3 Å². The molecule has 0 amide bonds. The molecule has 2 aromatic heterocycles. The first-order valence-corrected chi connectivity index (χ1v) is 7.43. The zero-order valence-electron chi connectivity index (χ0n) is 13.4. The van der Waals surface area contributed by atoms with Crippen LogP contribution in [0.15, 0.2) is 42.6 Å². The molecule has 0 aliphatic rings. The minimum Gasteiger partial charge on any atom is -0.478 e. The van der Waals surface area contributed by atoms with Crippen LogP contribution in [0.5, 0.6) is 0 Å². The van der Waals surface area contributed by atoms with E-state index in [0.29, 0.717) is 0 Å². The fourth-order valence-electron chi connectivity index (χ4n) is 2.58. The number of rotatable bonds is 3. The number of aliphatic carboxylic acids is 1. The molecule has 0 bridgehead atoms. The molecule has 0 fully saturated rings. The number of fused-ring (bicyclic) bond motifs is 1. The Morgan fingerprint density at radius 2 is 1.91 bits per heavy atom. The van der Waals surface area contributed by atoms with Gasteiger partial charge < -0.3 is 5.11 Å². The van der Waals surface area contributed by atoms with E-state index in [1.54, 1.807) is 6.08 Å². The van der Waals surface area contributed by atoms with Gasteiger partial charge in [-0.05, 0) is 61.7 Å². The van der Waals surface area contributed by atoms with E-state index in [0.717, 1.165) is 34.2 Å². The third kappa shape index (κ3) is 2.88. The molecule has 4 heteroatoms. The van der Waals surface area contributed by atoms with Crippen LogP contribution in [0.4, 0.5) is 0 Å². The molecule has 3 aromatic rings. The number of imidazole rings is 1. The lowest BCUT2D eigenvalue weighted by molar-refractivity contribution is -0.131. The first-order valence-electron chi connectivity index (χ1n) is 7.43. The number of hydrogen-bond donors (Lipinski definition) is 1. The normalized spacial score (nSPS) is 11.4. The van der Waals surface area contributed by atoms with Crippen LogP contribution in [0.1, 0.15) is 22.4 Å². The SMILES string of the molecule is Cc1ccn2c(/C=C/C(=O)O)c(-c3ccc(C)c(C)c3)nc2c1. The molecule has 4 nitrogen and oxygen atoms in total. The first kappa shape index (κ1) is 15.0. The third-order valence-corrected chi connectivity index (χ3v) is 3.98. The molecule has 0 radical (unpaired) electrons. The van der Waals surface area contributed by atoms with Gasteiger partial charge in [-0.2, -0.15) is 0 Å². The number of carbonyl (C=O) groups is 1. The van der Waals surface area contributed by atoms with Gasteiger partial charge in [0.25, 0.3) is 0 Å². The Bertz CT molecular complexity index is 936. The van der Waals surface area contributed by atoms with E-state index in [4.69, 9.17) is 10.1 Å². The van der Waals surface area contributed by atoms with E-state index in [-0.39, 0.29) is 0 Å². The number of carboxylic acids is 1. The van der Waals surface area contributed by atoms with E-state index >= 15 is 0 Å². The van der Waals surface area contributed by atoms with Crippen LogP contribution >= 0.6 is 0 Å². The number of carboxylic acid groups (broad SMARTS) is 1. The quantitative estimate of drug-likeness (QED) is 0.743. The molecular formula is C19H18N2O2. The Morgan fingerprint density at radius 3 is 2.61 bits per heavy atom. The number of benzene rings is 1. The van der Waals surface area contributed by atoms with Crippen molar-refractivity contribution < 1.29 is 9.90 Å². The molecule has 23 heavy (non-hydrogen) atoms. The standard InChI is InChI=1S/C19H18N2O2/c1-12-8-9-21-16(6-7-18(22)23)19(20-17(21)10-12)15-5-4-13(2)14(3)11-15/h4-11H,1-3H3,(H,22,23)/b7-6+. The highest BCUT2D eigenvalue weighted by atomic mass is 16.4. The van der Waals surface area contributed by atoms with Crippen LogP contribution in [-0.2, 0) is 4.79 Å². The monoisotopic (exact) mass is 306 g/mol. The van der Waals surface area contributed by atoms with Gasteiger partial charge in [0.15, 0.2) is 0 Å². The Morgan fingerprint density at radius 1 is 1.13 bits per heavy atom. The van der Waals surface area contributed by atoms with Crippen molar-refractivity contribution in [2.45, 2.75) is 20.8 Å². The summed E-state index contributed by atoms with van der Waals surface area (Å²) < 4.78 is 1.91. The van der Waals surface area contributed by atoms with Crippen molar-refractivity contribution in [3.63, 3.8) is 0 Å². The minimum atomic E-state index is -0.974. The molecule has 3 rings (SSSR count). The van der Waals surface area contributed by atoms with E-state index in [1.807, 2.05) is 35.7 Å². The van der Waals surface area contributed by atoms with Gasteiger partial charge in [0, 0.05) is 17.8 Å². The number of pyridine rings is 1. The zero-order chi connectivity index (χ0) is 16.6. The number of aromatic nitrogens is 2. The van der Waals surface area contributed by atoms with Crippen LogP contribution < -0.4 is 0 Å². The lowest BCUT2D eigenvalue weighted by Crippen LogP contribution is -1.92. The summed E-state index contributed by atoms with van der Waals surface area (Å²) >= 11 is 0. The fraction of sp³-hybridized carbons (Fsp3) is 0.158. The topological polar surface area (TPSA) is 54.6 Å². The summed E-state index contributed by atoms with van der Waals surface area (Å²) in [7, 11) is 0. The van der Waals surface area contributed by atoms with Gasteiger partial charge >= 0.3 is 5.97 Å². The van der Waals surface area contributed by atoms with Gasteiger partial charge in [0.05, 0.1) is 11.4 Å². The zero-order valence-corrected chi connectivity index (χ0v) is 13.4. The maximum atomic E-state index is 10.9. The maximum Gasteiger partial charge on any atom is 0.328 e. The average molecular weight is 306 g/mol. The summed E-state index contributed by atoms with van der Waals surface area (Å²) in [6, 6.07) is 10.1. The van der Waals surface area contributed by atoms with E-state index in [2.05, 4.69) is 26.0 Å². The second-order valence-electron chi connectivity index (χ2n) is 5.75. The van der Waals surface area contributed by atoms with Crippen molar-refractivity contribution in [3.05, 3.63) is 65.0 Å². The number of nitrogens with zero attached hydrogens (tertiary/aromatic N) is 2. The molecule has 0 atom stereocenters. The van der Waals surface area contributed by atoms with Gasteiger partial charge in [0.1, 0.15) is 5.65 Å². The summed E-state index contributed by atoms with van der Waals surface area (Å²) in [4.78, 5) is 15.6. The lowest BCUT2D eigenvalue weighted by atomic mass is 10.0. The Balaban J connectivity index is 2.27. The molecule has 0 aliphatic carbocycles. The smallest absolute Gasteiger partial charge is 0.328 e. The van der Waals surface area contributed by atoms with Crippen molar-refractivity contribution >= 4 is 17.7 Å². The van der Waals surface area contributed by atoms with E-state index in [1.165, 1.54) is 11.1 Å². The highest BCUT2D eigenvalue weighted by molar-refractivity contribution is 5.87. The number of hydrogen-bond acceptors (Lipinski definition) is 2. The number of aryl methyl sites for hydroxylation is 3. The molecule has 1 N–H and O–H groups in total. The molecule has 0 spiro atoms. The predicted molar refractivity (Wildman–Crippen MR) is 91.5 cm³/mol. The molecule has 0 saturated carbocycles. The molecule has 2 heterocycles. The molecular weight excluding hydrogens is 288 g/mol. The van der Waals surface area contributed by atoms with Crippen molar-refractivity contribution in [2.24, 2.45) is 0 Å². The van der Waals surface area contributed by atoms with Crippen LogP contribution in [0.3, 0.4) is 0 Å². The largest absolute Gasteiger partial charge is 0.478 e. The van der Waals surface area contributed by atoms with Crippen molar-refractivity contribution in [1.29, 1.82) is 0 Å². The summed E-state index contributed by atoms with van der Waals surface area (Å²) in [6.07, 6.45) is 4.67. The van der Waals surface area contributed by atoms with E-state index in [9.17, 15) is 4.79 Å². The van der Waals surface area contributed by atoms with Gasteiger partial charge in [-0.15, -0.1) is 0 Å². The van der Waals surface area contributed by atoms with Gasteiger partial charge in [-0.1, -0.05) is 12.1 Å². The van der Waals surface area contributed by atoms with Crippen molar-refractivity contribution in [1.82, 2.24) is 9.38 Å². The van der Waals surface area contributed by atoms with Crippen LogP contribution in [0.2, 0.25) is 0 Å². The summed E-state index contributed by atoms with van der Waals surface area (Å²) in [6.45, 7) is 6.14. The summed E-state index contributed by atoms with van der Waals surface area (Å²) in [5, 5.41) is 8.95. The molecule has 0 unspecified atom stereocenters. The summed E-state index contributed by atoms with van der Waals surface area (Å²) in [5.74, 6) is -0.974. The highest BCUT2D eigenvalue weighted by Gasteiger charge is 2.13. The maximum absolute atomic E-state index is 10.9. The first-order chi connectivity index (χ1) is 11.0. The van der Waals surface area contributed by atoms with Gasteiger partial charge in [0.2, 0.25) is 0 Å². The van der Waals surface area contributed by atoms with Gasteiger partial charge in [-0.25, -0.2) is 9.78 Å². The molecule has 1 aromatic carbocycles. The molecule has 0 saturated heterocycles. The highest BCUT2D eigenvalue weighted by Crippen LogP contribution is 2.27. The fourth-order valence-corrected chi connectivity index (χ4v) is 2.58. The third-order valence-electron chi connectivity index (χ3n) is 3.98. The second-order valence-corrected chi connectivity index (χ2v) is 5.75. The minimum absolute atomic E-state index is 0.769.